The van der Waals surface area contributed by atoms with Gasteiger partial charge in [0.15, 0.2) is 6.54 Å². The van der Waals surface area contributed by atoms with E-state index in [-0.39, 0.29) is 0 Å². The zero-order valence-electron chi connectivity index (χ0n) is 11.5. The molecular formula is C17H15N2O2+. The molecule has 21 heavy (non-hydrogen) atoms. The van der Waals surface area contributed by atoms with Crippen molar-refractivity contribution >= 4 is 16.9 Å². The van der Waals surface area contributed by atoms with Crippen LogP contribution in [0.25, 0.3) is 22.2 Å². The lowest BCUT2D eigenvalue weighted by molar-refractivity contribution is -0.733. The van der Waals surface area contributed by atoms with Gasteiger partial charge in [0, 0.05) is 18.1 Å². The molecular weight excluding hydrogens is 264 g/mol. The van der Waals surface area contributed by atoms with E-state index in [0.717, 1.165) is 41.7 Å². The van der Waals surface area contributed by atoms with Gasteiger partial charge >= 0.3 is 5.97 Å². The van der Waals surface area contributed by atoms with Gasteiger partial charge in [0.1, 0.15) is 5.69 Å². The lowest BCUT2D eigenvalue weighted by Crippen LogP contribution is -2.37. The zero-order valence-corrected chi connectivity index (χ0v) is 11.5. The Kier molecular flexibility index (Phi) is 2.57. The number of aromatic nitrogens is 2. The van der Waals surface area contributed by atoms with Crippen LogP contribution in [0.5, 0.6) is 0 Å². The van der Waals surface area contributed by atoms with E-state index in [1.54, 1.807) is 12.1 Å². The van der Waals surface area contributed by atoms with Crippen LogP contribution in [0.2, 0.25) is 0 Å². The van der Waals surface area contributed by atoms with E-state index >= 15 is 0 Å². The number of benzene rings is 2. The number of hydrogen-bond acceptors (Lipinski definition) is 1. The van der Waals surface area contributed by atoms with Crippen molar-refractivity contribution in [3.05, 3.63) is 54.1 Å². The molecule has 0 bridgehead atoms. The lowest BCUT2D eigenvalue weighted by Gasteiger charge is -2.01. The average molecular weight is 279 g/mol. The van der Waals surface area contributed by atoms with Crippen molar-refractivity contribution in [1.29, 1.82) is 0 Å². The molecule has 1 aliphatic rings. The molecule has 0 unspecified atom stereocenters. The highest BCUT2D eigenvalue weighted by atomic mass is 16.4. The Hall–Kier alpha value is -2.62. The molecule has 4 heteroatoms. The van der Waals surface area contributed by atoms with Crippen molar-refractivity contribution in [1.82, 2.24) is 4.68 Å². The molecule has 4 nitrogen and oxygen atoms in total. The maximum Gasteiger partial charge on any atom is 0.335 e. The van der Waals surface area contributed by atoms with Crippen LogP contribution in [0.4, 0.5) is 0 Å². The number of fused-ring (bicyclic) bond motifs is 3. The summed E-state index contributed by atoms with van der Waals surface area (Å²) in [6.45, 7) is 1.96. The van der Waals surface area contributed by atoms with Crippen LogP contribution in [-0.2, 0) is 13.1 Å². The van der Waals surface area contributed by atoms with E-state index in [1.165, 1.54) is 0 Å². The van der Waals surface area contributed by atoms with Crippen LogP contribution in [-0.4, -0.2) is 15.8 Å². The number of nitrogens with zero attached hydrogens (tertiary/aromatic N) is 2. The molecule has 2 heterocycles. The highest BCUT2D eigenvalue weighted by Crippen LogP contribution is 2.30. The van der Waals surface area contributed by atoms with Gasteiger partial charge in [-0.25, -0.2) is 4.79 Å². The fourth-order valence-electron chi connectivity index (χ4n) is 3.22. The Morgan fingerprint density at radius 2 is 1.95 bits per heavy atom. The van der Waals surface area contributed by atoms with Crippen LogP contribution in [0.15, 0.2) is 48.5 Å². The number of carboxylic acid groups (broad SMARTS) is 1. The summed E-state index contributed by atoms with van der Waals surface area (Å²) in [5.41, 5.74) is 3.69. The molecule has 0 aliphatic carbocycles. The van der Waals surface area contributed by atoms with Gasteiger partial charge in [-0.05, 0) is 12.1 Å². The Labute approximate surface area is 121 Å². The molecule has 4 rings (SSSR count). The topological polar surface area (TPSA) is 46.1 Å². The molecule has 0 atom stereocenters. The maximum atomic E-state index is 11.3. The summed E-state index contributed by atoms with van der Waals surface area (Å²) in [5, 5.41) is 10.3. The molecule has 1 aromatic heterocycles. The van der Waals surface area contributed by atoms with Gasteiger partial charge in [-0.1, -0.05) is 30.3 Å². The van der Waals surface area contributed by atoms with E-state index in [2.05, 4.69) is 21.5 Å². The summed E-state index contributed by atoms with van der Waals surface area (Å²) < 4.78 is 4.52. The van der Waals surface area contributed by atoms with Crippen molar-refractivity contribution < 1.29 is 14.6 Å². The van der Waals surface area contributed by atoms with Crippen molar-refractivity contribution in [2.45, 2.75) is 19.5 Å². The van der Waals surface area contributed by atoms with Crippen molar-refractivity contribution in [2.24, 2.45) is 0 Å². The second-order valence-electron chi connectivity index (χ2n) is 5.35. The standard InChI is InChI=1S/C17H14N2O2/c20-17(21)13-7-8-15-14(11-13)16(12-5-2-1-3-6-12)19-10-4-9-18(15)19/h1-3,5-8,11H,4,9-10H2/p+1. The molecule has 1 aliphatic heterocycles. The average Bonchev–Trinajstić information content (AvgIpc) is 3.07. The SMILES string of the molecule is O=C(O)c1ccc2c(c1)c(-c1ccccc1)n1[n+]2CCC1. The maximum absolute atomic E-state index is 11.3. The van der Waals surface area contributed by atoms with E-state index in [1.807, 2.05) is 24.3 Å². The van der Waals surface area contributed by atoms with E-state index in [4.69, 9.17) is 0 Å². The molecule has 0 saturated heterocycles. The first-order chi connectivity index (χ1) is 10.3. The third kappa shape index (κ3) is 1.76. The highest BCUT2D eigenvalue weighted by molar-refractivity contribution is 5.97. The number of carboxylic acids is 1. The molecule has 104 valence electrons. The predicted molar refractivity (Wildman–Crippen MR) is 79.1 cm³/mol. The summed E-state index contributed by atoms with van der Waals surface area (Å²) in [6, 6.07) is 15.6. The van der Waals surface area contributed by atoms with Crippen molar-refractivity contribution in [2.75, 3.05) is 0 Å². The van der Waals surface area contributed by atoms with Gasteiger partial charge < -0.3 is 5.11 Å². The van der Waals surface area contributed by atoms with Crippen LogP contribution in [0, 0.1) is 0 Å². The third-order valence-electron chi connectivity index (χ3n) is 4.11. The lowest BCUT2D eigenvalue weighted by atomic mass is 10.0. The van der Waals surface area contributed by atoms with E-state index < -0.39 is 5.97 Å². The minimum absolute atomic E-state index is 0.338. The summed E-state index contributed by atoms with van der Waals surface area (Å²) >= 11 is 0. The second-order valence-corrected chi connectivity index (χ2v) is 5.35. The van der Waals surface area contributed by atoms with E-state index in [9.17, 15) is 9.90 Å². The fraction of sp³-hybridized carbons (Fsp3) is 0.176. The zero-order chi connectivity index (χ0) is 14.4. The van der Waals surface area contributed by atoms with Crippen molar-refractivity contribution in [3.63, 3.8) is 0 Å². The first-order valence-electron chi connectivity index (χ1n) is 7.11. The Bertz CT molecular complexity index is 850. The summed E-state index contributed by atoms with van der Waals surface area (Å²) in [5.74, 6) is -0.882. The first-order valence-corrected chi connectivity index (χ1v) is 7.11. The fourth-order valence-corrected chi connectivity index (χ4v) is 3.22. The Balaban J connectivity index is 2.08. The quantitative estimate of drug-likeness (QED) is 0.733. The Morgan fingerprint density at radius 1 is 1.14 bits per heavy atom. The number of hydrogen-bond donors (Lipinski definition) is 1. The Morgan fingerprint density at radius 3 is 2.71 bits per heavy atom. The highest BCUT2D eigenvalue weighted by Gasteiger charge is 2.29. The smallest absolute Gasteiger partial charge is 0.335 e. The normalized spacial score (nSPS) is 13.5. The molecule has 1 N–H and O–H groups in total. The van der Waals surface area contributed by atoms with Gasteiger partial charge in [-0.2, -0.15) is 4.68 Å². The molecule has 0 saturated carbocycles. The minimum atomic E-state index is -0.882. The molecule has 0 fully saturated rings. The minimum Gasteiger partial charge on any atom is -0.478 e. The molecule has 3 aromatic rings. The van der Waals surface area contributed by atoms with Crippen LogP contribution in [0.3, 0.4) is 0 Å². The van der Waals surface area contributed by atoms with E-state index in [0.29, 0.717) is 5.56 Å². The molecule has 0 radical (unpaired) electrons. The van der Waals surface area contributed by atoms with Crippen molar-refractivity contribution in [3.8, 4) is 11.3 Å². The summed E-state index contributed by atoms with van der Waals surface area (Å²) in [6.07, 6.45) is 1.12. The van der Waals surface area contributed by atoms with Gasteiger partial charge in [0.25, 0.3) is 0 Å². The third-order valence-corrected chi connectivity index (χ3v) is 4.11. The second kappa shape index (κ2) is 4.45. The number of rotatable bonds is 2. The van der Waals surface area contributed by atoms with Crippen LogP contribution >= 0.6 is 0 Å². The molecule has 0 amide bonds. The number of aryl methyl sites for hydroxylation is 1. The van der Waals surface area contributed by atoms with Gasteiger partial charge in [-0.3, -0.25) is 0 Å². The summed E-state index contributed by atoms with van der Waals surface area (Å²) in [7, 11) is 0. The molecule has 2 aromatic carbocycles. The van der Waals surface area contributed by atoms with Crippen LogP contribution in [0.1, 0.15) is 16.8 Å². The van der Waals surface area contributed by atoms with Gasteiger partial charge in [0.2, 0.25) is 5.52 Å². The van der Waals surface area contributed by atoms with Gasteiger partial charge in [-0.15, -0.1) is 4.68 Å². The van der Waals surface area contributed by atoms with Gasteiger partial charge in [0.05, 0.1) is 17.5 Å². The first kappa shape index (κ1) is 12.1. The number of aromatic carboxylic acids is 1. The predicted octanol–water partition coefficient (Wildman–Crippen LogP) is 2.70. The van der Waals surface area contributed by atoms with Crippen LogP contribution < -0.4 is 4.68 Å². The largest absolute Gasteiger partial charge is 0.478 e. The summed E-state index contributed by atoms with van der Waals surface area (Å²) in [4.78, 5) is 11.3. The monoisotopic (exact) mass is 279 g/mol. The molecule has 0 spiro atoms. The number of carbonyl (C=O) groups is 1.